The maximum atomic E-state index is 5.84. The van der Waals surface area contributed by atoms with Gasteiger partial charge in [0.15, 0.2) is 0 Å². The Kier molecular flexibility index (Phi) is 3.51. The maximum absolute atomic E-state index is 5.84. The molecule has 0 aliphatic rings. The zero-order valence-corrected chi connectivity index (χ0v) is 10.2. The molecule has 0 saturated carbocycles. The average Bonchev–Trinajstić information content (AvgIpc) is 2.73. The largest absolute Gasteiger partial charge is 0.398 e. The molecule has 0 saturated heterocycles. The monoisotopic (exact) mass is 256 g/mol. The van der Waals surface area contributed by atoms with Crippen LogP contribution in [-0.2, 0) is 5.75 Å². The number of nitrogens with zero attached hydrogens (tertiary/aromatic N) is 1. The van der Waals surface area contributed by atoms with Crippen molar-refractivity contribution in [3.8, 4) is 0 Å². The van der Waals surface area contributed by atoms with Gasteiger partial charge in [0.1, 0.15) is 4.34 Å². The number of benzene rings is 1. The summed E-state index contributed by atoms with van der Waals surface area (Å²) < 4.78 is 1.07. The number of thioether (sulfide) groups is 1. The lowest BCUT2D eigenvalue weighted by atomic mass is 10.2. The lowest BCUT2D eigenvalue weighted by Gasteiger charge is -2.02. The Balaban J connectivity index is 2.02. The lowest BCUT2D eigenvalue weighted by Crippen LogP contribution is -1.88. The van der Waals surface area contributed by atoms with Crippen LogP contribution in [0.2, 0.25) is 5.02 Å². The third kappa shape index (κ3) is 2.87. The summed E-state index contributed by atoms with van der Waals surface area (Å²) in [6.45, 7) is 0. The van der Waals surface area contributed by atoms with Gasteiger partial charge in [-0.1, -0.05) is 29.4 Å². The average molecular weight is 257 g/mol. The van der Waals surface area contributed by atoms with Crippen molar-refractivity contribution in [2.24, 2.45) is 0 Å². The molecule has 2 nitrogen and oxygen atoms in total. The second kappa shape index (κ2) is 4.88. The highest BCUT2D eigenvalue weighted by molar-refractivity contribution is 8.00. The molecule has 5 heteroatoms. The minimum absolute atomic E-state index is 0.609. The van der Waals surface area contributed by atoms with E-state index in [1.165, 1.54) is 0 Å². The van der Waals surface area contributed by atoms with Gasteiger partial charge >= 0.3 is 0 Å². The van der Waals surface area contributed by atoms with Crippen LogP contribution in [0.1, 0.15) is 5.56 Å². The molecule has 0 unspecified atom stereocenters. The van der Waals surface area contributed by atoms with E-state index in [9.17, 15) is 0 Å². The lowest BCUT2D eigenvalue weighted by molar-refractivity contribution is 1.24. The molecule has 2 N–H and O–H groups in total. The molecule has 2 rings (SSSR count). The molecule has 15 heavy (non-hydrogen) atoms. The molecular formula is C10H9ClN2S2. The summed E-state index contributed by atoms with van der Waals surface area (Å²) in [6, 6.07) is 5.72. The van der Waals surface area contributed by atoms with E-state index in [2.05, 4.69) is 4.98 Å². The van der Waals surface area contributed by atoms with E-state index >= 15 is 0 Å². The van der Waals surface area contributed by atoms with Crippen LogP contribution in [-0.4, -0.2) is 4.98 Å². The van der Waals surface area contributed by atoms with Gasteiger partial charge in [0.25, 0.3) is 0 Å². The fraction of sp³-hybridized carbons (Fsp3) is 0.100. The van der Waals surface area contributed by atoms with E-state index in [1.807, 2.05) is 29.8 Å². The van der Waals surface area contributed by atoms with Crippen molar-refractivity contribution in [1.82, 2.24) is 4.98 Å². The second-order valence-corrected chi connectivity index (χ2v) is 5.47. The molecule has 1 heterocycles. The van der Waals surface area contributed by atoms with Gasteiger partial charge in [-0.3, -0.25) is 0 Å². The van der Waals surface area contributed by atoms with Crippen molar-refractivity contribution in [3.63, 3.8) is 0 Å². The zero-order chi connectivity index (χ0) is 10.7. The Morgan fingerprint density at radius 2 is 2.33 bits per heavy atom. The third-order valence-electron chi connectivity index (χ3n) is 1.83. The van der Waals surface area contributed by atoms with E-state index in [0.717, 1.165) is 15.7 Å². The van der Waals surface area contributed by atoms with E-state index in [4.69, 9.17) is 17.3 Å². The fourth-order valence-corrected chi connectivity index (χ4v) is 2.81. The first-order valence-corrected chi connectivity index (χ1v) is 6.56. The Labute approximate surface area is 101 Å². The van der Waals surface area contributed by atoms with E-state index in [1.54, 1.807) is 23.1 Å². The Bertz CT molecular complexity index is 443. The normalized spacial score (nSPS) is 10.5. The molecular weight excluding hydrogens is 248 g/mol. The standard InChI is InChI=1S/C10H9ClN2S2/c11-8-2-1-7(5-9(8)12)6-15-10-13-3-4-14-10/h1-5H,6,12H2. The molecule has 0 atom stereocenters. The van der Waals surface area contributed by atoms with Crippen LogP contribution in [0.5, 0.6) is 0 Å². The van der Waals surface area contributed by atoms with Crippen LogP contribution < -0.4 is 5.73 Å². The van der Waals surface area contributed by atoms with Gasteiger partial charge in [-0.15, -0.1) is 11.3 Å². The highest BCUT2D eigenvalue weighted by Crippen LogP contribution is 2.27. The number of hydrogen-bond acceptors (Lipinski definition) is 4. The maximum Gasteiger partial charge on any atom is 0.150 e. The quantitative estimate of drug-likeness (QED) is 0.673. The predicted octanol–water partition coefficient (Wildman–Crippen LogP) is 3.67. The van der Waals surface area contributed by atoms with Crippen molar-refractivity contribution in [2.75, 3.05) is 5.73 Å². The second-order valence-electron chi connectivity index (χ2n) is 2.94. The topological polar surface area (TPSA) is 38.9 Å². The molecule has 78 valence electrons. The number of thiazole rings is 1. The molecule has 1 aromatic carbocycles. The first-order valence-electron chi connectivity index (χ1n) is 4.32. The van der Waals surface area contributed by atoms with Crippen molar-refractivity contribution in [2.45, 2.75) is 10.1 Å². The minimum Gasteiger partial charge on any atom is -0.398 e. The molecule has 2 aromatic rings. The summed E-state index contributed by atoms with van der Waals surface area (Å²) in [5, 5.41) is 2.58. The molecule has 0 aliphatic carbocycles. The summed E-state index contributed by atoms with van der Waals surface area (Å²) in [5.74, 6) is 0.870. The first kappa shape index (κ1) is 10.8. The molecule has 0 amide bonds. The highest BCUT2D eigenvalue weighted by atomic mass is 35.5. The summed E-state index contributed by atoms with van der Waals surface area (Å²) >= 11 is 9.19. The van der Waals surface area contributed by atoms with Crippen LogP contribution in [0.15, 0.2) is 34.1 Å². The molecule has 0 bridgehead atoms. The van der Waals surface area contributed by atoms with Crippen LogP contribution in [0.4, 0.5) is 5.69 Å². The van der Waals surface area contributed by atoms with Crippen LogP contribution in [0.3, 0.4) is 0 Å². The molecule has 0 radical (unpaired) electrons. The van der Waals surface area contributed by atoms with Gasteiger partial charge in [0.05, 0.1) is 10.7 Å². The van der Waals surface area contributed by atoms with Gasteiger partial charge in [-0.2, -0.15) is 0 Å². The minimum atomic E-state index is 0.609. The Morgan fingerprint density at radius 3 is 3.00 bits per heavy atom. The number of aromatic nitrogens is 1. The van der Waals surface area contributed by atoms with Crippen molar-refractivity contribution in [3.05, 3.63) is 40.4 Å². The highest BCUT2D eigenvalue weighted by Gasteiger charge is 2.01. The third-order valence-corrected chi connectivity index (χ3v) is 4.21. The summed E-state index contributed by atoms with van der Waals surface area (Å²) in [4.78, 5) is 4.20. The van der Waals surface area contributed by atoms with Crippen LogP contribution >= 0.6 is 34.7 Å². The van der Waals surface area contributed by atoms with Gasteiger partial charge < -0.3 is 5.73 Å². The molecule has 0 spiro atoms. The van der Waals surface area contributed by atoms with Crippen LogP contribution in [0, 0.1) is 0 Å². The zero-order valence-electron chi connectivity index (χ0n) is 7.81. The van der Waals surface area contributed by atoms with E-state index < -0.39 is 0 Å². The van der Waals surface area contributed by atoms with E-state index in [-0.39, 0.29) is 0 Å². The summed E-state index contributed by atoms with van der Waals surface area (Å²) in [5.41, 5.74) is 7.51. The van der Waals surface area contributed by atoms with Crippen molar-refractivity contribution < 1.29 is 0 Å². The van der Waals surface area contributed by atoms with Crippen molar-refractivity contribution in [1.29, 1.82) is 0 Å². The first-order chi connectivity index (χ1) is 7.25. The van der Waals surface area contributed by atoms with E-state index in [0.29, 0.717) is 10.7 Å². The van der Waals surface area contributed by atoms with Crippen molar-refractivity contribution >= 4 is 40.4 Å². The fourth-order valence-electron chi connectivity index (χ4n) is 1.11. The smallest absolute Gasteiger partial charge is 0.150 e. The summed E-state index contributed by atoms with van der Waals surface area (Å²) in [7, 11) is 0. The Hall–Kier alpha value is -0.710. The molecule has 0 aliphatic heterocycles. The van der Waals surface area contributed by atoms with Gasteiger partial charge in [0.2, 0.25) is 0 Å². The SMILES string of the molecule is Nc1cc(CSc2nccs2)ccc1Cl. The molecule has 0 fully saturated rings. The predicted molar refractivity (Wildman–Crippen MR) is 67.5 cm³/mol. The number of nitrogen functional groups attached to an aromatic ring is 1. The van der Waals surface area contributed by atoms with Gasteiger partial charge in [-0.25, -0.2) is 4.98 Å². The number of anilines is 1. The number of halogens is 1. The number of rotatable bonds is 3. The summed E-state index contributed by atoms with van der Waals surface area (Å²) in [6.07, 6.45) is 1.81. The van der Waals surface area contributed by atoms with Gasteiger partial charge in [0, 0.05) is 17.3 Å². The number of hydrogen-bond donors (Lipinski definition) is 1. The molecule has 1 aromatic heterocycles. The van der Waals surface area contributed by atoms with Crippen LogP contribution in [0.25, 0.3) is 0 Å². The van der Waals surface area contributed by atoms with Gasteiger partial charge in [-0.05, 0) is 17.7 Å². The number of nitrogens with two attached hydrogens (primary N) is 1. The Morgan fingerprint density at radius 1 is 1.47 bits per heavy atom.